The van der Waals surface area contributed by atoms with Gasteiger partial charge in [0.25, 0.3) is 5.92 Å². The number of alkyl halides is 2. The molecule has 1 rings (SSSR count). The van der Waals surface area contributed by atoms with E-state index >= 15 is 0 Å². The summed E-state index contributed by atoms with van der Waals surface area (Å²) < 4.78 is 30.2. The van der Waals surface area contributed by atoms with Crippen molar-refractivity contribution in [1.29, 1.82) is 0 Å². The number of hydrogen-bond donors (Lipinski definition) is 0. The van der Waals surface area contributed by atoms with Crippen LogP contribution in [0.3, 0.4) is 0 Å². The lowest BCUT2D eigenvalue weighted by Crippen LogP contribution is -2.49. The molecule has 0 spiro atoms. The minimum absolute atomic E-state index is 0.184. The van der Waals surface area contributed by atoms with E-state index in [4.69, 9.17) is 0 Å². The fourth-order valence-corrected chi connectivity index (χ4v) is 1.44. The molecule has 0 aliphatic carbocycles. The van der Waals surface area contributed by atoms with Crippen molar-refractivity contribution >= 4 is 5.97 Å². The van der Waals surface area contributed by atoms with E-state index in [0.717, 1.165) is 0 Å². The predicted molar refractivity (Wildman–Crippen MR) is 42.6 cm³/mol. The molecule has 0 N–H and O–H groups in total. The second-order valence-corrected chi connectivity index (χ2v) is 3.33. The van der Waals surface area contributed by atoms with E-state index in [1.54, 1.807) is 11.9 Å². The number of nitrogens with zero attached hydrogens (tertiary/aromatic N) is 1. The van der Waals surface area contributed by atoms with E-state index in [1.807, 2.05) is 0 Å². The van der Waals surface area contributed by atoms with Gasteiger partial charge in [0.1, 0.15) is 6.04 Å². The molecule has 0 aromatic heterocycles. The first kappa shape index (κ1) is 10.4. The molecule has 0 amide bonds. The molecule has 3 nitrogen and oxygen atoms in total. The third-order valence-corrected chi connectivity index (χ3v) is 2.33. The van der Waals surface area contributed by atoms with Crippen molar-refractivity contribution in [2.45, 2.75) is 24.8 Å². The molecule has 1 saturated heterocycles. The zero-order chi connectivity index (χ0) is 10.1. The SMILES string of the molecule is COC(=O)C1CC(F)(F)CCN1C. The van der Waals surface area contributed by atoms with Gasteiger partial charge >= 0.3 is 5.97 Å². The van der Waals surface area contributed by atoms with Gasteiger partial charge in [0.05, 0.1) is 7.11 Å². The van der Waals surface area contributed by atoms with Crippen LogP contribution in [0.2, 0.25) is 0 Å². The molecular formula is C8H13F2NO2. The van der Waals surface area contributed by atoms with Gasteiger partial charge in [0.15, 0.2) is 0 Å². The predicted octanol–water partition coefficient (Wildman–Crippen LogP) is 0.889. The summed E-state index contributed by atoms with van der Waals surface area (Å²) in [7, 11) is 2.86. The minimum atomic E-state index is -2.73. The second kappa shape index (κ2) is 3.57. The smallest absolute Gasteiger partial charge is 0.323 e. The largest absolute Gasteiger partial charge is 0.468 e. The first-order valence-electron chi connectivity index (χ1n) is 4.12. The van der Waals surface area contributed by atoms with Gasteiger partial charge in [-0.05, 0) is 7.05 Å². The van der Waals surface area contributed by atoms with E-state index in [2.05, 4.69) is 4.74 Å². The molecule has 76 valence electrons. The minimum Gasteiger partial charge on any atom is -0.468 e. The highest BCUT2D eigenvalue weighted by atomic mass is 19.3. The van der Waals surface area contributed by atoms with Crippen LogP contribution in [-0.4, -0.2) is 43.5 Å². The van der Waals surface area contributed by atoms with Crippen LogP contribution in [0, 0.1) is 0 Å². The Bertz CT molecular complexity index is 208. The quantitative estimate of drug-likeness (QED) is 0.579. The molecule has 13 heavy (non-hydrogen) atoms. The molecule has 1 aliphatic heterocycles. The fraction of sp³-hybridized carbons (Fsp3) is 0.875. The normalized spacial score (nSPS) is 28.5. The molecule has 0 radical (unpaired) electrons. The Morgan fingerprint density at radius 1 is 1.62 bits per heavy atom. The summed E-state index contributed by atoms with van der Waals surface area (Å²) in [6, 6.07) is -0.797. The third-order valence-electron chi connectivity index (χ3n) is 2.33. The van der Waals surface area contributed by atoms with E-state index in [0.29, 0.717) is 0 Å². The van der Waals surface area contributed by atoms with Crippen LogP contribution in [-0.2, 0) is 9.53 Å². The Hall–Kier alpha value is -0.710. The fourth-order valence-electron chi connectivity index (χ4n) is 1.44. The number of carbonyl (C=O) groups excluding carboxylic acids is 1. The van der Waals surface area contributed by atoms with Gasteiger partial charge in [-0.15, -0.1) is 0 Å². The number of likely N-dealkylation sites (N-methyl/N-ethyl adjacent to an activating group) is 1. The number of hydrogen-bond acceptors (Lipinski definition) is 3. The van der Waals surface area contributed by atoms with Crippen molar-refractivity contribution in [2.75, 3.05) is 20.7 Å². The van der Waals surface area contributed by atoms with Crippen LogP contribution in [0.4, 0.5) is 8.78 Å². The van der Waals surface area contributed by atoms with Crippen molar-refractivity contribution in [3.05, 3.63) is 0 Å². The van der Waals surface area contributed by atoms with Gasteiger partial charge in [0, 0.05) is 19.4 Å². The zero-order valence-electron chi connectivity index (χ0n) is 7.72. The van der Waals surface area contributed by atoms with Crippen LogP contribution < -0.4 is 0 Å². The summed E-state index contributed by atoms with van der Waals surface area (Å²) in [6.45, 7) is 0.229. The van der Waals surface area contributed by atoms with Crippen molar-refractivity contribution in [2.24, 2.45) is 0 Å². The van der Waals surface area contributed by atoms with Crippen molar-refractivity contribution < 1.29 is 18.3 Å². The average molecular weight is 193 g/mol. The van der Waals surface area contributed by atoms with Gasteiger partial charge in [-0.3, -0.25) is 9.69 Å². The van der Waals surface area contributed by atoms with E-state index < -0.39 is 24.4 Å². The van der Waals surface area contributed by atoms with Crippen molar-refractivity contribution in [3.63, 3.8) is 0 Å². The van der Waals surface area contributed by atoms with Crippen molar-refractivity contribution in [3.8, 4) is 0 Å². The Balaban J connectivity index is 2.65. The Kier molecular flexibility index (Phi) is 2.85. The lowest BCUT2D eigenvalue weighted by Gasteiger charge is -2.34. The summed E-state index contributed by atoms with van der Waals surface area (Å²) in [5, 5.41) is 0. The molecule has 1 unspecified atom stereocenters. The number of halogens is 2. The molecule has 0 aromatic carbocycles. The molecule has 1 atom stereocenters. The summed E-state index contributed by atoms with van der Waals surface area (Å²) >= 11 is 0. The van der Waals surface area contributed by atoms with Crippen LogP contribution in [0.5, 0.6) is 0 Å². The number of likely N-dealkylation sites (tertiary alicyclic amines) is 1. The standard InChI is InChI=1S/C8H13F2NO2/c1-11-4-3-8(9,10)5-6(11)7(12)13-2/h6H,3-5H2,1-2H3. The van der Waals surface area contributed by atoms with E-state index in [-0.39, 0.29) is 13.0 Å². The Morgan fingerprint density at radius 2 is 2.23 bits per heavy atom. The highest BCUT2D eigenvalue weighted by Crippen LogP contribution is 2.31. The van der Waals surface area contributed by atoms with Crippen LogP contribution >= 0.6 is 0 Å². The number of carbonyl (C=O) groups is 1. The number of esters is 1. The number of ether oxygens (including phenoxy) is 1. The van der Waals surface area contributed by atoms with Crippen LogP contribution in [0.1, 0.15) is 12.8 Å². The average Bonchev–Trinajstić information content (AvgIpc) is 2.08. The molecule has 0 saturated carbocycles. The molecule has 1 fully saturated rings. The van der Waals surface area contributed by atoms with E-state index in [9.17, 15) is 13.6 Å². The number of methoxy groups -OCH3 is 1. The second-order valence-electron chi connectivity index (χ2n) is 3.33. The number of piperidine rings is 1. The maximum Gasteiger partial charge on any atom is 0.323 e. The Morgan fingerprint density at radius 3 is 2.77 bits per heavy atom. The van der Waals surface area contributed by atoms with Gasteiger partial charge < -0.3 is 4.74 Å². The molecule has 5 heteroatoms. The van der Waals surface area contributed by atoms with E-state index in [1.165, 1.54) is 7.11 Å². The maximum absolute atomic E-state index is 12.9. The van der Waals surface area contributed by atoms with Crippen LogP contribution in [0.15, 0.2) is 0 Å². The summed E-state index contributed by atoms with van der Waals surface area (Å²) in [5.41, 5.74) is 0. The molecule has 1 aliphatic rings. The van der Waals surface area contributed by atoms with Gasteiger partial charge in [0.2, 0.25) is 0 Å². The topological polar surface area (TPSA) is 29.5 Å². The third kappa shape index (κ3) is 2.37. The lowest BCUT2D eigenvalue weighted by molar-refractivity contribution is -0.155. The lowest BCUT2D eigenvalue weighted by atomic mass is 9.99. The zero-order valence-corrected chi connectivity index (χ0v) is 7.72. The first-order valence-corrected chi connectivity index (χ1v) is 4.12. The summed E-state index contributed by atoms with van der Waals surface area (Å²) in [6.07, 6.45) is -0.618. The van der Waals surface area contributed by atoms with Gasteiger partial charge in [-0.2, -0.15) is 0 Å². The highest BCUT2D eigenvalue weighted by Gasteiger charge is 2.42. The highest BCUT2D eigenvalue weighted by molar-refractivity contribution is 5.75. The van der Waals surface area contributed by atoms with Crippen LogP contribution in [0.25, 0.3) is 0 Å². The monoisotopic (exact) mass is 193 g/mol. The van der Waals surface area contributed by atoms with Gasteiger partial charge in [-0.25, -0.2) is 8.78 Å². The maximum atomic E-state index is 12.9. The molecule has 0 bridgehead atoms. The van der Waals surface area contributed by atoms with Crippen molar-refractivity contribution in [1.82, 2.24) is 4.90 Å². The summed E-state index contributed by atoms with van der Waals surface area (Å²) in [5.74, 6) is -3.31. The summed E-state index contributed by atoms with van der Waals surface area (Å²) in [4.78, 5) is 12.7. The first-order chi connectivity index (χ1) is 5.96. The molecular weight excluding hydrogens is 180 g/mol. The molecule has 1 heterocycles. The van der Waals surface area contributed by atoms with Gasteiger partial charge in [-0.1, -0.05) is 0 Å². The Labute approximate surface area is 75.7 Å². The molecule has 0 aromatic rings. The number of rotatable bonds is 1.